The van der Waals surface area contributed by atoms with Crippen LogP contribution in [0.4, 0.5) is 0 Å². The van der Waals surface area contributed by atoms with Crippen LogP contribution in [0.15, 0.2) is 23.2 Å². The van der Waals surface area contributed by atoms with Crippen LogP contribution >= 0.6 is 0 Å². The van der Waals surface area contributed by atoms with E-state index in [2.05, 4.69) is 4.99 Å². The number of phenolic OH excluding ortho intramolecular Hbond substituents is 6. The highest BCUT2D eigenvalue weighted by atomic mass is 16.4. The molecule has 0 amide bonds. The summed E-state index contributed by atoms with van der Waals surface area (Å²) in [5.41, 5.74) is 2.62. The smallest absolute Gasteiger partial charge is 0.305 e. The zero-order valence-corrected chi connectivity index (χ0v) is 23.9. The number of benzene rings is 4. The first kappa shape index (κ1) is 29.3. The molecule has 41 heavy (non-hydrogen) atoms. The summed E-state index contributed by atoms with van der Waals surface area (Å²) in [6.07, 6.45) is 0.985. The molecule has 0 bridgehead atoms. The van der Waals surface area contributed by atoms with Gasteiger partial charge in [-0.05, 0) is 53.6 Å². The Bertz CT molecular complexity index is 1750. The number of carbonyl (C=O) groups is 1. The zero-order valence-electron chi connectivity index (χ0n) is 23.9. The number of phenols is 6. The third kappa shape index (κ3) is 4.81. The van der Waals surface area contributed by atoms with Crippen LogP contribution in [-0.2, 0) is 4.79 Å². The monoisotopic (exact) mass is 561 g/mol. The molecule has 9 nitrogen and oxygen atoms in total. The normalized spacial score (nSPS) is 12.0. The van der Waals surface area contributed by atoms with Gasteiger partial charge in [-0.15, -0.1) is 0 Å². The van der Waals surface area contributed by atoms with Crippen molar-refractivity contribution in [1.29, 1.82) is 0 Å². The van der Waals surface area contributed by atoms with Crippen molar-refractivity contribution in [2.45, 2.75) is 59.8 Å². The van der Waals surface area contributed by atoms with Gasteiger partial charge in [0, 0.05) is 51.3 Å². The maximum atomic E-state index is 11.8. The molecule has 9 heteroatoms. The van der Waals surface area contributed by atoms with Gasteiger partial charge in [0.25, 0.3) is 0 Å². The van der Waals surface area contributed by atoms with Crippen molar-refractivity contribution in [3.8, 4) is 45.6 Å². The number of fused-ring (bicyclic) bond motifs is 2. The fourth-order valence-corrected chi connectivity index (χ4v) is 5.68. The van der Waals surface area contributed by atoms with Gasteiger partial charge in [-0.1, -0.05) is 39.8 Å². The first-order valence-corrected chi connectivity index (χ1v) is 13.4. The molecule has 0 radical (unpaired) electrons. The van der Waals surface area contributed by atoms with Crippen molar-refractivity contribution in [3.63, 3.8) is 0 Å². The van der Waals surface area contributed by atoms with Crippen molar-refractivity contribution in [2.75, 3.05) is 6.54 Å². The predicted octanol–water partition coefficient (Wildman–Crippen LogP) is 6.65. The minimum Gasteiger partial charge on any atom is -0.507 e. The minimum atomic E-state index is -1.04. The van der Waals surface area contributed by atoms with Crippen LogP contribution in [0.5, 0.6) is 34.5 Å². The van der Waals surface area contributed by atoms with Gasteiger partial charge >= 0.3 is 5.97 Å². The molecular weight excluding hydrogens is 526 g/mol. The fourth-order valence-electron chi connectivity index (χ4n) is 5.68. The van der Waals surface area contributed by atoms with Gasteiger partial charge in [0.1, 0.15) is 11.5 Å². The Kier molecular flexibility index (Phi) is 7.67. The number of carboxylic acids is 1. The molecule has 0 saturated carbocycles. The molecule has 0 saturated heterocycles. The van der Waals surface area contributed by atoms with Gasteiger partial charge < -0.3 is 35.7 Å². The van der Waals surface area contributed by atoms with E-state index >= 15 is 0 Å². The molecule has 0 heterocycles. The van der Waals surface area contributed by atoms with Crippen molar-refractivity contribution < 1.29 is 40.5 Å². The van der Waals surface area contributed by atoms with Gasteiger partial charge in [0.05, 0.1) is 6.42 Å². The van der Waals surface area contributed by atoms with E-state index in [9.17, 15) is 35.4 Å². The summed E-state index contributed by atoms with van der Waals surface area (Å²) in [6, 6.07) is 4.82. The van der Waals surface area contributed by atoms with E-state index in [-0.39, 0.29) is 75.4 Å². The molecule has 0 aliphatic rings. The summed E-state index contributed by atoms with van der Waals surface area (Å²) >= 11 is 0. The van der Waals surface area contributed by atoms with Gasteiger partial charge in [0.2, 0.25) is 0 Å². The molecular formula is C32H35NO8. The molecule has 0 aromatic heterocycles. The van der Waals surface area contributed by atoms with Crippen molar-refractivity contribution in [1.82, 2.24) is 0 Å². The maximum absolute atomic E-state index is 11.8. The number of carboxylic acid groups (broad SMARTS) is 1. The average molecular weight is 562 g/mol. The number of aromatic hydroxyl groups is 6. The summed E-state index contributed by atoms with van der Waals surface area (Å²) in [5.74, 6) is -3.45. The SMILES string of the molecule is Cc1cc2c(C(C)C)c(O)c(O)cc2c(O)c1-c1c(C)cc2c(C(C)C)c(O)c(O)c(C=NCCC(=O)O)c2c1O. The van der Waals surface area contributed by atoms with E-state index in [1.807, 2.05) is 27.7 Å². The second-order valence-corrected chi connectivity index (χ2v) is 11.0. The molecule has 0 aliphatic carbocycles. The summed E-state index contributed by atoms with van der Waals surface area (Å²) in [5, 5.41) is 76.8. The van der Waals surface area contributed by atoms with E-state index < -0.39 is 11.7 Å². The standard InChI is InChI=1S/C32H35NO8/c1-13(2)23-17-9-15(5)25(28(37)18(17)11-21(34)30(23)39)26-16(6)10-19-24(14(3)4)32(41)29(38)20(27(19)31(26)40)12-33-8-7-22(35)36/h9-14,34,37-41H,7-8H2,1-6H3,(H,35,36). The Morgan fingerprint density at radius 2 is 1.27 bits per heavy atom. The van der Waals surface area contributed by atoms with Gasteiger partial charge in [0.15, 0.2) is 23.0 Å². The molecule has 4 aromatic carbocycles. The highest BCUT2D eigenvalue weighted by molar-refractivity contribution is 6.12. The van der Waals surface area contributed by atoms with Crippen LogP contribution in [0, 0.1) is 13.8 Å². The topological polar surface area (TPSA) is 171 Å². The lowest BCUT2D eigenvalue weighted by molar-refractivity contribution is -0.136. The van der Waals surface area contributed by atoms with Gasteiger partial charge in [-0.2, -0.15) is 0 Å². The molecule has 0 unspecified atom stereocenters. The molecule has 0 atom stereocenters. The second-order valence-electron chi connectivity index (χ2n) is 11.0. The lowest BCUT2D eigenvalue weighted by Crippen LogP contribution is -2.01. The Morgan fingerprint density at radius 1 is 0.732 bits per heavy atom. The Balaban J connectivity index is 2.14. The number of hydrogen-bond donors (Lipinski definition) is 7. The highest BCUT2D eigenvalue weighted by Gasteiger charge is 2.28. The van der Waals surface area contributed by atoms with Crippen LogP contribution in [0.3, 0.4) is 0 Å². The van der Waals surface area contributed by atoms with E-state index in [0.29, 0.717) is 38.6 Å². The van der Waals surface area contributed by atoms with E-state index in [1.165, 1.54) is 12.3 Å². The Labute approximate surface area is 237 Å². The van der Waals surface area contributed by atoms with Crippen LogP contribution in [-0.4, -0.2) is 54.5 Å². The summed E-state index contributed by atoms with van der Waals surface area (Å²) < 4.78 is 0. The molecule has 0 fully saturated rings. The quantitative estimate of drug-likeness (QED) is 0.0970. The predicted molar refractivity (Wildman–Crippen MR) is 159 cm³/mol. The number of aryl methyl sites for hydroxylation is 2. The van der Waals surface area contributed by atoms with Crippen LogP contribution < -0.4 is 0 Å². The van der Waals surface area contributed by atoms with Crippen molar-refractivity contribution in [2.24, 2.45) is 4.99 Å². The van der Waals surface area contributed by atoms with Crippen molar-refractivity contribution in [3.05, 3.63) is 46.0 Å². The molecule has 7 N–H and O–H groups in total. The third-order valence-corrected chi connectivity index (χ3v) is 7.48. The minimum absolute atomic E-state index is 0.00799. The van der Waals surface area contributed by atoms with Crippen LogP contribution in [0.2, 0.25) is 0 Å². The lowest BCUT2D eigenvalue weighted by atomic mass is 9.84. The summed E-state index contributed by atoms with van der Waals surface area (Å²) in [6.45, 7) is 10.8. The first-order chi connectivity index (χ1) is 19.2. The molecule has 0 spiro atoms. The lowest BCUT2D eigenvalue weighted by Gasteiger charge is -2.22. The summed E-state index contributed by atoms with van der Waals surface area (Å²) in [7, 11) is 0. The van der Waals surface area contributed by atoms with Gasteiger partial charge in [-0.3, -0.25) is 9.79 Å². The van der Waals surface area contributed by atoms with E-state index in [1.54, 1.807) is 26.0 Å². The molecule has 216 valence electrons. The third-order valence-electron chi connectivity index (χ3n) is 7.48. The first-order valence-electron chi connectivity index (χ1n) is 13.4. The Morgan fingerprint density at radius 3 is 1.83 bits per heavy atom. The largest absolute Gasteiger partial charge is 0.507 e. The van der Waals surface area contributed by atoms with Crippen LogP contribution in [0.25, 0.3) is 32.7 Å². The summed E-state index contributed by atoms with van der Waals surface area (Å²) in [4.78, 5) is 15.1. The molecule has 4 aromatic rings. The van der Waals surface area contributed by atoms with E-state index in [0.717, 1.165) is 0 Å². The number of aliphatic imine (C=N–C) groups is 1. The zero-order chi connectivity index (χ0) is 30.5. The van der Waals surface area contributed by atoms with Gasteiger partial charge in [-0.25, -0.2) is 0 Å². The number of rotatable bonds is 7. The molecule has 4 rings (SSSR count). The number of hydrogen-bond acceptors (Lipinski definition) is 8. The number of aliphatic carboxylic acids is 1. The second kappa shape index (κ2) is 10.7. The molecule has 0 aliphatic heterocycles. The van der Waals surface area contributed by atoms with E-state index in [4.69, 9.17) is 5.11 Å². The van der Waals surface area contributed by atoms with Crippen LogP contribution in [0.1, 0.15) is 73.8 Å². The average Bonchev–Trinajstić information content (AvgIpc) is 2.86. The Hall–Kier alpha value is -4.66. The van der Waals surface area contributed by atoms with Crippen molar-refractivity contribution >= 4 is 33.7 Å². The maximum Gasteiger partial charge on any atom is 0.305 e. The number of nitrogens with zero attached hydrogens (tertiary/aromatic N) is 1. The fraction of sp³-hybridized carbons (Fsp3) is 0.312. The highest BCUT2D eigenvalue weighted by Crippen LogP contribution is 2.53.